The molecule has 0 radical (unpaired) electrons. The third kappa shape index (κ3) is 2.71. The number of nitrogens with zero attached hydrogens (tertiary/aromatic N) is 1. The average Bonchev–Trinajstić information content (AvgIpc) is 3.11. The van der Waals surface area contributed by atoms with Gasteiger partial charge in [0.2, 0.25) is 0 Å². The van der Waals surface area contributed by atoms with E-state index in [1.807, 2.05) is 36.4 Å². The van der Waals surface area contributed by atoms with Crippen molar-refractivity contribution in [3.05, 3.63) is 90.2 Å². The quantitative estimate of drug-likeness (QED) is 0.320. The van der Waals surface area contributed by atoms with E-state index >= 15 is 0 Å². The molecule has 1 aromatic heterocycles. The van der Waals surface area contributed by atoms with E-state index in [0.29, 0.717) is 0 Å². The summed E-state index contributed by atoms with van der Waals surface area (Å²) >= 11 is 1.54. The first kappa shape index (κ1) is 16.2. The number of hydrogen-bond donors (Lipinski definition) is 0. The molecule has 130 valence electrons. The van der Waals surface area contributed by atoms with Gasteiger partial charge in [-0.3, -0.25) is 0 Å². The van der Waals surface area contributed by atoms with Gasteiger partial charge in [0.1, 0.15) is 10.8 Å². The molecule has 0 saturated heterocycles. The van der Waals surface area contributed by atoms with Gasteiger partial charge in [-0.25, -0.2) is 9.37 Å². The molecule has 5 aromatic rings. The molecule has 0 spiro atoms. The van der Waals surface area contributed by atoms with Gasteiger partial charge in [0, 0.05) is 11.1 Å². The molecule has 0 aliphatic carbocycles. The summed E-state index contributed by atoms with van der Waals surface area (Å²) in [6.45, 7) is 2.08. The van der Waals surface area contributed by atoms with Gasteiger partial charge in [0.05, 0.1) is 10.2 Å². The van der Waals surface area contributed by atoms with Crippen LogP contribution in [-0.2, 0) is 0 Å². The number of rotatable bonds is 2. The summed E-state index contributed by atoms with van der Waals surface area (Å²) in [7, 11) is 0. The van der Waals surface area contributed by atoms with Crippen LogP contribution in [0.25, 0.3) is 42.7 Å². The lowest BCUT2D eigenvalue weighted by molar-refractivity contribution is 0.630. The van der Waals surface area contributed by atoms with Crippen molar-refractivity contribution in [2.24, 2.45) is 0 Å². The standard InChI is InChI=1S/C24H16FNS/c1-15-7-2-4-10-18(15)24-26-23-21(13-17(25)14-22(23)27-24)20-12-6-9-16-8-3-5-11-19(16)20/h2-14H,1H3. The summed E-state index contributed by atoms with van der Waals surface area (Å²) in [6, 6.07) is 25.7. The van der Waals surface area contributed by atoms with Gasteiger partial charge >= 0.3 is 0 Å². The molecule has 0 aliphatic rings. The Hall–Kier alpha value is -3.04. The van der Waals surface area contributed by atoms with Gasteiger partial charge < -0.3 is 0 Å². The van der Waals surface area contributed by atoms with E-state index in [-0.39, 0.29) is 5.82 Å². The third-order valence-corrected chi connectivity index (χ3v) is 5.95. The van der Waals surface area contributed by atoms with Crippen molar-refractivity contribution in [1.82, 2.24) is 4.98 Å². The van der Waals surface area contributed by atoms with Crippen LogP contribution in [0.2, 0.25) is 0 Å². The van der Waals surface area contributed by atoms with E-state index in [4.69, 9.17) is 4.98 Å². The number of benzene rings is 4. The van der Waals surface area contributed by atoms with Gasteiger partial charge in [-0.2, -0.15) is 0 Å². The molecule has 27 heavy (non-hydrogen) atoms. The van der Waals surface area contributed by atoms with Gasteiger partial charge in [-0.15, -0.1) is 11.3 Å². The fraction of sp³-hybridized carbons (Fsp3) is 0.0417. The molecule has 0 amide bonds. The van der Waals surface area contributed by atoms with E-state index < -0.39 is 0 Å². The molecular weight excluding hydrogens is 353 g/mol. The molecular formula is C24H16FNS. The van der Waals surface area contributed by atoms with Crippen LogP contribution in [0.5, 0.6) is 0 Å². The SMILES string of the molecule is Cc1ccccc1-c1nc2c(-c3cccc4ccccc34)cc(F)cc2s1. The Morgan fingerprint density at radius 3 is 2.41 bits per heavy atom. The van der Waals surface area contributed by atoms with E-state index in [9.17, 15) is 4.39 Å². The summed E-state index contributed by atoms with van der Waals surface area (Å²) in [6.07, 6.45) is 0. The number of hydrogen-bond acceptors (Lipinski definition) is 2. The van der Waals surface area contributed by atoms with Crippen LogP contribution in [0.4, 0.5) is 4.39 Å². The number of aromatic nitrogens is 1. The zero-order chi connectivity index (χ0) is 18.4. The number of thiazole rings is 1. The molecule has 0 unspecified atom stereocenters. The Bertz CT molecular complexity index is 1300. The van der Waals surface area contributed by atoms with Crippen molar-refractivity contribution in [2.45, 2.75) is 6.92 Å². The molecule has 0 fully saturated rings. The Morgan fingerprint density at radius 1 is 0.778 bits per heavy atom. The zero-order valence-corrected chi connectivity index (χ0v) is 15.6. The lowest BCUT2D eigenvalue weighted by atomic mass is 9.97. The van der Waals surface area contributed by atoms with Crippen LogP contribution in [-0.4, -0.2) is 4.98 Å². The molecule has 0 N–H and O–H groups in total. The Morgan fingerprint density at radius 2 is 1.52 bits per heavy atom. The highest BCUT2D eigenvalue weighted by molar-refractivity contribution is 7.21. The zero-order valence-electron chi connectivity index (χ0n) is 14.7. The molecule has 0 saturated carbocycles. The monoisotopic (exact) mass is 369 g/mol. The van der Waals surface area contributed by atoms with Gasteiger partial charge in [-0.05, 0) is 41.0 Å². The molecule has 4 aromatic carbocycles. The van der Waals surface area contributed by atoms with E-state index in [1.165, 1.54) is 5.56 Å². The maximum atomic E-state index is 14.5. The van der Waals surface area contributed by atoms with Gasteiger partial charge in [0.15, 0.2) is 0 Å². The first-order chi connectivity index (χ1) is 13.2. The van der Waals surface area contributed by atoms with Crippen LogP contribution >= 0.6 is 11.3 Å². The molecule has 0 atom stereocenters. The summed E-state index contributed by atoms with van der Waals surface area (Å²) in [5.74, 6) is -0.231. The second kappa shape index (κ2) is 6.29. The van der Waals surface area contributed by atoms with Crippen molar-refractivity contribution in [1.29, 1.82) is 0 Å². The maximum Gasteiger partial charge on any atom is 0.125 e. The normalized spacial score (nSPS) is 11.3. The van der Waals surface area contributed by atoms with Crippen LogP contribution in [0.3, 0.4) is 0 Å². The van der Waals surface area contributed by atoms with Crippen LogP contribution in [0.15, 0.2) is 78.9 Å². The second-order valence-electron chi connectivity index (χ2n) is 6.66. The summed E-state index contributed by atoms with van der Waals surface area (Å²) < 4.78 is 15.3. The predicted molar refractivity (Wildman–Crippen MR) is 113 cm³/mol. The summed E-state index contributed by atoms with van der Waals surface area (Å²) in [4.78, 5) is 4.92. The fourth-order valence-corrected chi connectivity index (χ4v) is 4.70. The van der Waals surface area contributed by atoms with Crippen molar-refractivity contribution in [3.8, 4) is 21.7 Å². The fourth-order valence-electron chi connectivity index (χ4n) is 3.59. The Balaban J connectivity index is 1.81. The smallest absolute Gasteiger partial charge is 0.125 e. The highest BCUT2D eigenvalue weighted by atomic mass is 32.1. The minimum atomic E-state index is -0.231. The van der Waals surface area contributed by atoms with Crippen LogP contribution < -0.4 is 0 Å². The summed E-state index contributed by atoms with van der Waals surface area (Å²) in [5, 5.41) is 3.18. The highest BCUT2D eigenvalue weighted by Gasteiger charge is 2.15. The van der Waals surface area contributed by atoms with Crippen molar-refractivity contribution < 1.29 is 4.39 Å². The Labute approximate surface area is 160 Å². The van der Waals surface area contributed by atoms with E-state index in [2.05, 4.69) is 37.3 Å². The molecule has 3 heteroatoms. The topological polar surface area (TPSA) is 12.9 Å². The van der Waals surface area contributed by atoms with Crippen molar-refractivity contribution in [3.63, 3.8) is 0 Å². The molecule has 1 heterocycles. The number of aryl methyl sites for hydroxylation is 1. The van der Waals surface area contributed by atoms with E-state index in [0.717, 1.165) is 42.7 Å². The minimum Gasteiger partial charge on any atom is -0.235 e. The largest absolute Gasteiger partial charge is 0.235 e. The van der Waals surface area contributed by atoms with Gasteiger partial charge in [0.25, 0.3) is 0 Å². The lowest BCUT2D eigenvalue weighted by Crippen LogP contribution is -1.86. The number of fused-ring (bicyclic) bond motifs is 2. The average molecular weight is 369 g/mol. The first-order valence-electron chi connectivity index (χ1n) is 8.85. The van der Waals surface area contributed by atoms with Crippen molar-refractivity contribution in [2.75, 3.05) is 0 Å². The highest BCUT2D eigenvalue weighted by Crippen LogP contribution is 2.39. The second-order valence-corrected chi connectivity index (χ2v) is 7.69. The molecule has 0 bridgehead atoms. The number of halogens is 1. The predicted octanol–water partition coefficient (Wildman–Crippen LogP) is 7.23. The van der Waals surface area contributed by atoms with E-state index in [1.54, 1.807) is 23.5 Å². The van der Waals surface area contributed by atoms with Crippen LogP contribution in [0.1, 0.15) is 5.56 Å². The van der Waals surface area contributed by atoms with Crippen molar-refractivity contribution >= 4 is 32.3 Å². The lowest BCUT2D eigenvalue weighted by Gasteiger charge is -2.08. The molecule has 5 rings (SSSR count). The summed E-state index contributed by atoms with van der Waals surface area (Å²) in [5.41, 5.74) is 4.99. The maximum absolute atomic E-state index is 14.5. The Kier molecular flexibility index (Phi) is 3.76. The van der Waals surface area contributed by atoms with Gasteiger partial charge in [-0.1, -0.05) is 66.7 Å². The molecule has 1 nitrogen and oxygen atoms in total. The van der Waals surface area contributed by atoms with Crippen LogP contribution in [0, 0.1) is 12.7 Å². The molecule has 0 aliphatic heterocycles. The third-order valence-electron chi connectivity index (χ3n) is 4.91. The first-order valence-corrected chi connectivity index (χ1v) is 9.66. The minimum absolute atomic E-state index is 0.231.